The summed E-state index contributed by atoms with van der Waals surface area (Å²) in [6, 6.07) is 60.5. The molecule has 44 heavy (non-hydrogen) atoms. The molecular formula is C44H30. The van der Waals surface area contributed by atoms with Crippen molar-refractivity contribution >= 4 is 11.1 Å². The minimum absolute atomic E-state index is 0.109. The van der Waals surface area contributed by atoms with Gasteiger partial charge in [-0.1, -0.05) is 164 Å². The molecular weight excluding hydrogens is 528 g/mol. The fraction of sp³-hybridized carbons (Fsp3) is 0.0455. The Morgan fingerprint density at radius 3 is 1.68 bits per heavy atom. The highest BCUT2D eigenvalue weighted by molar-refractivity contribution is 6.11. The molecule has 0 amide bonds. The van der Waals surface area contributed by atoms with Gasteiger partial charge >= 0.3 is 0 Å². The Labute approximate surface area is 259 Å². The Hall–Kier alpha value is -5.46. The molecule has 5 aromatic rings. The second-order valence-corrected chi connectivity index (χ2v) is 12.0. The van der Waals surface area contributed by atoms with Crippen molar-refractivity contribution in [3.63, 3.8) is 0 Å². The molecule has 0 spiro atoms. The average molecular weight is 559 g/mol. The SMILES string of the molecule is c1ccc(-c2ccccc2C2=C(c3ccc4cccccc3-4)c3ccccc3C2c2cccc3c2Cc2ccccc2-3)cc1. The number of fused-ring (bicyclic) bond motifs is 5. The number of hydrogen-bond donors (Lipinski definition) is 0. The quantitative estimate of drug-likeness (QED) is 0.202. The van der Waals surface area contributed by atoms with Crippen LogP contribution in [0.4, 0.5) is 0 Å². The Bertz CT molecular complexity index is 2200. The maximum Gasteiger partial charge on any atom is 0.0361 e. The maximum atomic E-state index is 2.39. The molecule has 5 aromatic carbocycles. The molecule has 0 aliphatic heterocycles. The monoisotopic (exact) mass is 558 g/mol. The molecule has 0 fully saturated rings. The lowest BCUT2D eigenvalue weighted by molar-refractivity contribution is 1.03. The molecule has 1 unspecified atom stereocenters. The summed E-state index contributed by atoms with van der Waals surface area (Å²) in [5.74, 6) is 0.109. The van der Waals surface area contributed by atoms with E-state index in [0.717, 1.165) is 6.42 Å². The highest BCUT2D eigenvalue weighted by Gasteiger charge is 2.38. The third-order valence-corrected chi connectivity index (χ3v) is 9.66. The molecule has 0 heterocycles. The summed E-state index contributed by atoms with van der Waals surface area (Å²) >= 11 is 0. The maximum absolute atomic E-state index is 2.39. The molecule has 4 aliphatic rings. The first-order valence-electron chi connectivity index (χ1n) is 15.5. The molecule has 0 N–H and O–H groups in total. The van der Waals surface area contributed by atoms with E-state index in [9.17, 15) is 0 Å². The van der Waals surface area contributed by atoms with E-state index >= 15 is 0 Å². The van der Waals surface area contributed by atoms with Crippen molar-refractivity contribution in [2.24, 2.45) is 0 Å². The molecule has 0 aromatic heterocycles. The first kappa shape index (κ1) is 25.1. The van der Waals surface area contributed by atoms with Crippen LogP contribution in [0, 0.1) is 0 Å². The number of hydrogen-bond acceptors (Lipinski definition) is 0. The Kier molecular flexibility index (Phi) is 5.74. The summed E-state index contributed by atoms with van der Waals surface area (Å²) in [6.07, 6.45) is 0.971. The van der Waals surface area contributed by atoms with Crippen LogP contribution in [0.1, 0.15) is 44.9 Å². The van der Waals surface area contributed by atoms with Crippen LogP contribution in [0.3, 0.4) is 0 Å². The minimum atomic E-state index is 0.109. The van der Waals surface area contributed by atoms with Gasteiger partial charge in [0.05, 0.1) is 0 Å². The smallest absolute Gasteiger partial charge is 0.0361 e. The predicted molar refractivity (Wildman–Crippen MR) is 184 cm³/mol. The Morgan fingerprint density at radius 2 is 0.886 bits per heavy atom. The Balaban J connectivity index is 1.39. The zero-order valence-electron chi connectivity index (χ0n) is 24.4. The van der Waals surface area contributed by atoms with Gasteiger partial charge < -0.3 is 0 Å². The van der Waals surface area contributed by atoms with Crippen LogP contribution < -0.4 is 0 Å². The molecule has 0 bridgehead atoms. The lowest BCUT2D eigenvalue weighted by Crippen LogP contribution is -2.06. The van der Waals surface area contributed by atoms with Gasteiger partial charge in [0.2, 0.25) is 0 Å². The minimum Gasteiger partial charge on any atom is -0.0622 e. The summed E-state index contributed by atoms with van der Waals surface area (Å²) in [4.78, 5) is 0. The highest BCUT2D eigenvalue weighted by Crippen LogP contribution is 2.57. The standard InChI is InChI=1S/C44H30/c1-3-14-29(15-4-1)32-19-9-10-21-36(32)44-42(39-25-13-24-35-34-20-8-7-17-31(34)28-41(35)39)37-22-11-12-23-38(37)43(44)40-27-26-30-16-5-2-6-18-33(30)40/h1-27,42H,28H2. The van der Waals surface area contributed by atoms with Gasteiger partial charge in [0.1, 0.15) is 0 Å². The molecule has 9 rings (SSSR count). The van der Waals surface area contributed by atoms with E-state index in [2.05, 4.69) is 164 Å². The molecule has 0 heteroatoms. The van der Waals surface area contributed by atoms with Crippen molar-refractivity contribution in [3.8, 4) is 33.4 Å². The van der Waals surface area contributed by atoms with Crippen molar-refractivity contribution < 1.29 is 0 Å². The molecule has 206 valence electrons. The fourth-order valence-electron chi connectivity index (χ4n) is 7.80. The fourth-order valence-corrected chi connectivity index (χ4v) is 7.80. The Morgan fingerprint density at radius 1 is 0.341 bits per heavy atom. The lowest BCUT2D eigenvalue weighted by atomic mass is 9.79. The third-order valence-electron chi connectivity index (χ3n) is 9.66. The second kappa shape index (κ2) is 10.1. The van der Waals surface area contributed by atoms with Crippen LogP contribution in [-0.2, 0) is 6.42 Å². The topological polar surface area (TPSA) is 0 Å². The van der Waals surface area contributed by atoms with Crippen molar-refractivity contribution in [2.75, 3.05) is 0 Å². The molecule has 0 nitrogen and oxygen atoms in total. The normalized spacial score (nSPS) is 14.9. The van der Waals surface area contributed by atoms with E-state index in [-0.39, 0.29) is 5.92 Å². The summed E-state index contributed by atoms with van der Waals surface area (Å²) in [7, 11) is 0. The van der Waals surface area contributed by atoms with E-state index in [1.807, 2.05) is 0 Å². The van der Waals surface area contributed by atoms with Crippen molar-refractivity contribution in [2.45, 2.75) is 12.3 Å². The largest absolute Gasteiger partial charge is 0.0622 e. The number of benzene rings is 5. The average Bonchev–Trinajstić information content (AvgIpc) is 3.70. The van der Waals surface area contributed by atoms with E-state index in [0.29, 0.717) is 0 Å². The third kappa shape index (κ3) is 3.78. The van der Waals surface area contributed by atoms with Crippen LogP contribution in [0.2, 0.25) is 0 Å². The van der Waals surface area contributed by atoms with Gasteiger partial charge in [-0.2, -0.15) is 0 Å². The molecule has 1 atom stereocenters. The van der Waals surface area contributed by atoms with Crippen molar-refractivity contribution in [1.82, 2.24) is 0 Å². The first-order chi connectivity index (χ1) is 21.9. The van der Waals surface area contributed by atoms with Crippen LogP contribution in [-0.4, -0.2) is 0 Å². The van der Waals surface area contributed by atoms with Gasteiger partial charge in [0.15, 0.2) is 0 Å². The molecule has 4 aliphatic carbocycles. The van der Waals surface area contributed by atoms with Gasteiger partial charge in [0.25, 0.3) is 0 Å². The van der Waals surface area contributed by atoms with Crippen LogP contribution >= 0.6 is 0 Å². The van der Waals surface area contributed by atoms with Crippen LogP contribution in [0.15, 0.2) is 164 Å². The van der Waals surface area contributed by atoms with E-state index in [1.54, 1.807) is 0 Å². The van der Waals surface area contributed by atoms with Gasteiger partial charge in [0, 0.05) is 5.92 Å². The van der Waals surface area contributed by atoms with Crippen molar-refractivity contribution in [3.05, 3.63) is 203 Å². The molecule has 0 radical (unpaired) electrons. The van der Waals surface area contributed by atoms with E-state index in [4.69, 9.17) is 0 Å². The van der Waals surface area contributed by atoms with Gasteiger partial charge in [-0.25, -0.2) is 0 Å². The van der Waals surface area contributed by atoms with E-state index in [1.165, 1.54) is 83.5 Å². The van der Waals surface area contributed by atoms with Crippen LogP contribution in [0.5, 0.6) is 0 Å². The zero-order chi connectivity index (χ0) is 29.0. The van der Waals surface area contributed by atoms with Gasteiger partial charge in [-0.05, 0) is 89.9 Å². The summed E-state index contributed by atoms with van der Waals surface area (Å²) in [5, 5.41) is 0. The van der Waals surface area contributed by atoms with Gasteiger partial charge in [-0.15, -0.1) is 0 Å². The number of rotatable bonds is 4. The van der Waals surface area contributed by atoms with Crippen molar-refractivity contribution in [1.29, 1.82) is 0 Å². The van der Waals surface area contributed by atoms with Gasteiger partial charge in [-0.3, -0.25) is 0 Å². The molecule has 0 saturated heterocycles. The predicted octanol–water partition coefficient (Wildman–Crippen LogP) is 11.1. The zero-order valence-corrected chi connectivity index (χ0v) is 24.4. The number of allylic oxidation sites excluding steroid dienone is 1. The van der Waals surface area contributed by atoms with Crippen LogP contribution in [0.25, 0.3) is 44.5 Å². The van der Waals surface area contributed by atoms with E-state index < -0.39 is 0 Å². The summed E-state index contributed by atoms with van der Waals surface area (Å²) < 4.78 is 0. The summed E-state index contributed by atoms with van der Waals surface area (Å²) in [5.41, 5.74) is 20.2. The summed E-state index contributed by atoms with van der Waals surface area (Å²) in [6.45, 7) is 0. The lowest BCUT2D eigenvalue weighted by Gasteiger charge is -2.23. The highest BCUT2D eigenvalue weighted by atomic mass is 14.4. The second-order valence-electron chi connectivity index (χ2n) is 12.0. The molecule has 0 saturated carbocycles. The first-order valence-corrected chi connectivity index (χ1v) is 15.5.